The predicted molar refractivity (Wildman–Crippen MR) is 73.3 cm³/mol. The van der Waals surface area contributed by atoms with Crippen molar-refractivity contribution in [3.05, 3.63) is 58.3 Å². The Hall–Kier alpha value is -1.39. The lowest BCUT2D eigenvalue weighted by atomic mass is 10.1. The van der Waals surface area contributed by atoms with E-state index in [-0.39, 0.29) is 0 Å². The number of benzene rings is 1. The first-order valence-electron chi connectivity index (χ1n) is 5.66. The van der Waals surface area contributed by atoms with E-state index in [4.69, 9.17) is 4.74 Å². The van der Waals surface area contributed by atoms with E-state index in [1.807, 2.05) is 30.3 Å². The van der Waals surface area contributed by atoms with Crippen molar-refractivity contribution in [2.24, 2.45) is 0 Å². The number of halogens is 1. The highest BCUT2D eigenvalue weighted by molar-refractivity contribution is 9.10. The van der Waals surface area contributed by atoms with Crippen molar-refractivity contribution in [1.82, 2.24) is 4.98 Å². The first-order chi connectivity index (χ1) is 8.66. The molecule has 0 aliphatic heterocycles. The van der Waals surface area contributed by atoms with Gasteiger partial charge in [-0.25, -0.2) is 0 Å². The number of pyridine rings is 1. The fourth-order valence-corrected chi connectivity index (χ4v) is 2.00. The van der Waals surface area contributed by atoms with E-state index in [9.17, 15) is 5.11 Å². The fraction of sp³-hybridized carbons (Fsp3) is 0.214. The summed E-state index contributed by atoms with van der Waals surface area (Å²) in [5.74, 6) is 0.699. The number of ether oxygens (including phenoxy) is 1. The summed E-state index contributed by atoms with van der Waals surface area (Å²) >= 11 is 3.39. The molecule has 0 spiro atoms. The molecule has 94 valence electrons. The fourth-order valence-electron chi connectivity index (χ4n) is 1.62. The van der Waals surface area contributed by atoms with Gasteiger partial charge in [-0.3, -0.25) is 4.98 Å². The van der Waals surface area contributed by atoms with Gasteiger partial charge in [-0.1, -0.05) is 15.9 Å². The quantitative estimate of drug-likeness (QED) is 0.940. The molecule has 0 radical (unpaired) electrons. The number of aliphatic hydroxyl groups is 1. The van der Waals surface area contributed by atoms with Crippen LogP contribution in [0.15, 0.2) is 47.2 Å². The maximum atomic E-state index is 9.72. The Balaban J connectivity index is 2.14. The molecule has 2 aromatic rings. The molecule has 1 heterocycles. The topological polar surface area (TPSA) is 42.4 Å². The lowest BCUT2D eigenvalue weighted by Crippen LogP contribution is -2.01. The van der Waals surface area contributed by atoms with E-state index >= 15 is 0 Å². The zero-order valence-corrected chi connectivity index (χ0v) is 11.6. The van der Waals surface area contributed by atoms with Crippen molar-refractivity contribution in [1.29, 1.82) is 0 Å². The molecular formula is C14H14BrNO2. The monoisotopic (exact) mass is 307 g/mol. The van der Waals surface area contributed by atoms with E-state index in [0.717, 1.165) is 15.6 Å². The standard InChI is InChI=1S/C14H14BrNO2/c1-10(17)13-8-12(15)2-3-14(13)18-9-11-4-6-16-7-5-11/h2-8,10,17H,9H2,1H3/t10-/m1/s1. The molecule has 2 rings (SSSR count). The van der Waals surface area contributed by atoms with Gasteiger partial charge >= 0.3 is 0 Å². The average Bonchev–Trinajstić information content (AvgIpc) is 2.38. The lowest BCUT2D eigenvalue weighted by Gasteiger charge is -2.13. The van der Waals surface area contributed by atoms with Crippen LogP contribution in [0.25, 0.3) is 0 Å². The summed E-state index contributed by atoms with van der Waals surface area (Å²) in [7, 11) is 0. The normalized spacial score (nSPS) is 12.2. The van der Waals surface area contributed by atoms with E-state index in [2.05, 4.69) is 20.9 Å². The van der Waals surface area contributed by atoms with Crippen molar-refractivity contribution in [3.63, 3.8) is 0 Å². The third kappa shape index (κ3) is 3.31. The molecule has 0 fully saturated rings. The maximum absolute atomic E-state index is 9.72. The van der Waals surface area contributed by atoms with Crippen molar-refractivity contribution in [3.8, 4) is 5.75 Å². The second-order valence-electron chi connectivity index (χ2n) is 4.00. The molecule has 0 bridgehead atoms. The van der Waals surface area contributed by atoms with Crippen LogP contribution in [0.5, 0.6) is 5.75 Å². The van der Waals surface area contributed by atoms with E-state index < -0.39 is 6.10 Å². The number of rotatable bonds is 4. The third-order valence-corrected chi connectivity index (χ3v) is 3.06. The summed E-state index contributed by atoms with van der Waals surface area (Å²) in [6, 6.07) is 9.43. The van der Waals surface area contributed by atoms with Crippen LogP contribution < -0.4 is 4.74 Å². The van der Waals surface area contributed by atoms with Gasteiger partial charge in [0.05, 0.1) is 6.10 Å². The highest BCUT2D eigenvalue weighted by Crippen LogP contribution is 2.29. The van der Waals surface area contributed by atoms with Crippen LogP contribution in [0.4, 0.5) is 0 Å². The molecule has 1 N–H and O–H groups in total. The van der Waals surface area contributed by atoms with Crippen molar-refractivity contribution in [2.75, 3.05) is 0 Å². The summed E-state index contributed by atoms with van der Waals surface area (Å²) in [6.45, 7) is 2.19. The van der Waals surface area contributed by atoms with Gasteiger partial charge in [0.25, 0.3) is 0 Å². The molecule has 0 aliphatic carbocycles. The molecule has 0 unspecified atom stereocenters. The number of aliphatic hydroxyl groups excluding tert-OH is 1. The minimum Gasteiger partial charge on any atom is -0.489 e. The minimum absolute atomic E-state index is 0.462. The summed E-state index contributed by atoms with van der Waals surface area (Å²) in [4.78, 5) is 3.96. The van der Waals surface area contributed by atoms with Crippen LogP contribution in [-0.2, 0) is 6.61 Å². The number of nitrogens with zero attached hydrogens (tertiary/aromatic N) is 1. The zero-order valence-electron chi connectivity index (χ0n) is 10.0. The molecule has 1 aromatic heterocycles. The van der Waals surface area contributed by atoms with Crippen LogP contribution in [0.3, 0.4) is 0 Å². The Morgan fingerprint density at radius 1 is 1.28 bits per heavy atom. The van der Waals surface area contributed by atoms with Gasteiger partial charge in [-0.2, -0.15) is 0 Å². The molecule has 0 saturated carbocycles. The number of hydrogen-bond donors (Lipinski definition) is 1. The molecule has 4 heteroatoms. The van der Waals surface area contributed by atoms with Crippen LogP contribution in [0, 0.1) is 0 Å². The Morgan fingerprint density at radius 2 is 2.00 bits per heavy atom. The maximum Gasteiger partial charge on any atom is 0.125 e. The van der Waals surface area contributed by atoms with Crippen molar-refractivity contribution >= 4 is 15.9 Å². The first-order valence-corrected chi connectivity index (χ1v) is 6.45. The van der Waals surface area contributed by atoms with E-state index in [0.29, 0.717) is 12.4 Å². The Bertz CT molecular complexity index is 514. The largest absolute Gasteiger partial charge is 0.489 e. The molecular weight excluding hydrogens is 294 g/mol. The van der Waals surface area contributed by atoms with Crippen molar-refractivity contribution < 1.29 is 9.84 Å². The SMILES string of the molecule is C[C@@H](O)c1cc(Br)ccc1OCc1ccncc1. The third-order valence-electron chi connectivity index (χ3n) is 2.57. The molecule has 3 nitrogen and oxygen atoms in total. The Morgan fingerprint density at radius 3 is 2.67 bits per heavy atom. The van der Waals surface area contributed by atoms with Gasteiger partial charge in [0.15, 0.2) is 0 Å². The molecule has 0 aliphatic rings. The summed E-state index contributed by atoms with van der Waals surface area (Å²) in [5, 5.41) is 9.72. The smallest absolute Gasteiger partial charge is 0.125 e. The number of hydrogen-bond acceptors (Lipinski definition) is 3. The summed E-state index contributed by atoms with van der Waals surface area (Å²) in [6.07, 6.45) is 2.90. The zero-order chi connectivity index (χ0) is 13.0. The van der Waals surface area contributed by atoms with Crippen LogP contribution in [0.2, 0.25) is 0 Å². The molecule has 0 saturated heterocycles. The average molecular weight is 308 g/mol. The van der Waals surface area contributed by atoms with Gasteiger partial charge in [0, 0.05) is 22.4 Å². The van der Waals surface area contributed by atoms with Gasteiger partial charge in [0.1, 0.15) is 12.4 Å². The molecule has 0 amide bonds. The van der Waals surface area contributed by atoms with Crippen LogP contribution >= 0.6 is 15.9 Å². The van der Waals surface area contributed by atoms with Gasteiger partial charge < -0.3 is 9.84 Å². The lowest BCUT2D eigenvalue weighted by molar-refractivity contribution is 0.190. The second kappa shape index (κ2) is 5.98. The first kappa shape index (κ1) is 13.1. The highest BCUT2D eigenvalue weighted by Gasteiger charge is 2.09. The van der Waals surface area contributed by atoms with Crippen LogP contribution in [-0.4, -0.2) is 10.1 Å². The Kier molecular flexibility index (Phi) is 4.33. The molecule has 18 heavy (non-hydrogen) atoms. The van der Waals surface area contributed by atoms with Crippen LogP contribution in [0.1, 0.15) is 24.2 Å². The van der Waals surface area contributed by atoms with Gasteiger partial charge in [0.2, 0.25) is 0 Å². The second-order valence-corrected chi connectivity index (χ2v) is 4.92. The summed E-state index contributed by atoms with van der Waals surface area (Å²) in [5.41, 5.74) is 1.82. The van der Waals surface area contributed by atoms with E-state index in [1.165, 1.54) is 0 Å². The van der Waals surface area contributed by atoms with Gasteiger partial charge in [-0.15, -0.1) is 0 Å². The van der Waals surface area contributed by atoms with Gasteiger partial charge in [-0.05, 0) is 42.8 Å². The molecule has 1 atom stereocenters. The highest BCUT2D eigenvalue weighted by atomic mass is 79.9. The summed E-state index contributed by atoms with van der Waals surface area (Å²) < 4.78 is 6.66. The minimum atomic E-state index is -0.560. The molecule has 1 aromatic carbocycles. The van der Waals surface area contributed by atoms with Crippen molar-refractivity contribution in [2.45, 2.75) is 19.6 Å². The Labute approximate surface area is 115 Å². The number of aromatic nitrogens is 1. The van der Waals surface area contributed by atoms with E-state index in [1.54, 1.807) is 19.3 Å². The predicted octanol–water partition coefficient (Wildman–Crippen LogP) is 3.48.